The van der Waals surface area contributed by atoms with Crippen molar-refractivity contribution in [1.29, 1.82) is 0 Å². The molecule has 0 saturated carbocycles. The first kappa shape index (κ1) is 25.1. The number of amides is 1. The normalized spacial score (nSPS) is 11.1. The highest BCUT2D eigenvalue weighted by molar-refractivity contribution is 7.99. The Kier molecular flexibility index (Phi) is 8.09. The molecule has 1 heterocycles. The number of hydrazone groups is 1. The van der Waals surface area contributed by atoms with E-state index in [1.165, 1.54) is 30.1 Å². The molecule has 0 fully saturated rings. The lowest BCUT2D eigenvalue weighted by atomic mass is 10.2. The number of hydrogen-bond donors (Lipinski definition) is 3. The van der Waals surface area contributed by atoms with E-state index in [0.29, 0.717) is 28.2 Å². The summed E-state index contributed by atoms with van der Waals surface area (Å²) < 4.78 is 7.40. The van der Waals surface area contributed by atoms with Gasteiger partial charge in [0.25, 0.3) is 5.91 Å². The maximum Gasteiger partial charge on any atom is 0.250 e. The summed E-state index contributed by atoms with van der Waals surface area (Å²) in [5.74, 6) is 0.523. The minimum Gasteiger partial charge on any atom is -0.504 e. The number of carbonyl (C=O) groups is 1. The summed E-state index contributed by atoms with van der Waals surface area (Å²) in [5, 5.41) is 32.6. The van der Waals surface area contributed by atoms with E-state index >= 15 is 0 Å². The minimum absolute atomic E-state index is 0.0357. The third-order valence-corrected chi connectivity index (χ3v) is 6.06. The number of aromatic hydroxyl groups is 2. The third-order valence-electron chi connectivity index (χ3n) is 4.88. The fraction of sp³-hybridized carbons (Fsp3) is 0.120. The second-order valence-electron chi connectivity index (χ2n) is 7.41. The number of nitrogens with one attached hydrogen (secondary N) is 1. The Balaban J connectivity index is 1.51. The van der Waals surface area contributed by atoms with E-state index in [4.69, 9.17) is 16.3 Å². The summed E-state index contributed by atoms with van der Waals surface area (Å²) in [6.07, 6.45) is 1.36. The topological polar surface area (TPSA) is 122 Å². The Hall–Kier alpha value is -4.02. The van der Waals surface area contributed by atoms with E-state index in [2.05, 4.69) is 20.7 Å². The van der Waals surface area contributed by atoms with Gasteiger partial charge in [-0.15, -0.1) is 10.2 Å². The molecule has 0 bridgehead atoms. The maximum absolute atomic E-state index is 12.4. The van der Waals surface area contributed by atoms with Crippen LogP contribution in [0.25, 0.3) is 17.1 Å². The van der Waals surface area contributed by atoms with Crippen molar-refractivity contribution in [3.8, 4) is 34.3 Å². The molecule has 0 atom stereocenters. The van der Waals surface area contributed by atoms with Crippen molar-refractivity contribution in [3.05, 3.63) is 77.3 Å². The van der Waals surface area contributed by atoms with Gasteiger partial charge in [0.1, 0.15) is 5.75 Å². The molecule has 184 valence electrons. The second-order valence-corrected chi connectivity index (χ2v) is 8.78. The van der Waals surface area contributed by atoms with Gasteiger partial charge in [0.15, 0.2) is 22.5 Å². The lowest BCUT2D eigenvalue weighted by molar-refractivity contribution is -0.118. The van der Waals surface area contributed by atoms with E-state index in [0.717, 1.165) is 17.0 Å². The molecule has 1 aromatic heterocycles. The van der Waals surface area contributed by atoms with Crippen LogP contribution in [-0.4, -0.2) is 49.5 Å². The molecular formula is C25H22ClN5O4S. The van der Waals surface area contributed by atoms with Crippen molar-refractivity contribution in [1.82, 2.24) is 20.2 Å². The number of rotatable bonds is 9. The van der Waals surface area contributed by atoms with E-state index in [-0.39, 0.29) is 23.2 Å². The van der Waals surface area contributed by atoms with Gasteiger partial charge in [0.2, 0.25) is 0 Å². The minimum atomic E-state index is -0.353. The molecule has 36 heavy (non-hydrogen) atoms. The van der Waals surface area contributed by atoms with Crippen molar-refractivity contribution in [2.24, 2.45) is 5.10 Å². The number of aromatic nitrogens is 3. The summed E-state index contributed by atoms with van der Waals surface area (Å²) in [4.78, 5) is 12.4. The Morgan fingerprint density at radius 2 is 1.83 bits per heavy atom. The molecule has 4 aromatic rings. The summed E-state index contributed by atoms with van der Waals surface area (Å²) in [6, 6.07) is 19.0. The summed E-state index contributed by atoms with van der Waals surface area (Å²) in [6.45, 7) is 2.49. The lowest BCUT2D eigenvalue weighted by Gasteiger charge is -2.11. The number of carbonyl (C=O) groups excluding carboxylic acids is 1. The summed E-state index contributed by atoms with van der Waals surface area (Å²) in [5.41, 5.74) is 4.58. The quantitative estimate of drug-likeness (QED) is 0.126. The van der Waals surface area contributed by atoms with Crippen LogP contribution in [0, 0.1) is 0 Å². The van der Waals surface area contributed by atoms with Crippen molar-refractivity contribution >= 4 is 35.5 Å². The first-order valence-electron chi connectivity index (χ1n) is 10.9. The number of ether oxygens (including phenoxy) is 1. The van der Waals surface area contributed by atoms with E-state index < -0.39 is 0 Å². The highest BCUT2D eigenvalue weighted by Crippen LogP contribution is 2.29. The number of phenolic OH excluding ortho intramolecular Hbond substituents is 2. The van der Waals surface area contributed by atoms with Crippen LogP contribution in [0.3, 0.4) is 0 Å². The third kappa shape index (κ3) is 6.15. The Bertz CT molecular complexity index is 1370. The van der Waals surface area contributed by atoms with Gasteiger partial charge >= 0.3 is 0 Å². The van der Waals surface area contributed by atoms with Crippen LogP contribution in [-0.2, 0) is 4.79 Å². The average molecular weight is 524 g/mol. The van der Waals surface area contributed by atoms with Crippen LogP contribution in [0.15, 0.2) is 77.0 Å². The molecule has 0 saturated heterocycles. The highest BCUT2D eigenvalue weighted by atomic mass is 35.5. The molecule has 0 aliphatic rings. The van der Waals surface area contributed by atoms with Gasteiger partial charge in [-0.3, -0.25) is 9.36 Å². The van der Waals surface area contributed by atoms with E-state index in [1.54, 1.807) is 18.2 Å². The molecule has 0 spiro atoms. The van der Waals surface area contributed by atoms with Crippen LogP contribution in [0.1, 0.15) is 12.5 Å². The number of hydrogen-bond acceptors (Lipinski definition) is 8. The molecule has 4 rings (SSSR count). The lowest BCUT2D eigenvalue weighted by Crippen LogP contribution is -2.20. The summed E-state index contributed by atoms with van der Waals surface area (Å²) in [7, 11) is 0. The second kappa shape index (κ2) is 11.6. The average Bonchev–Trinajstić information content (AvgIpc) is 3.30. The first-order chi connectivity index (χ1) is 17.4. The van der Waals surface area contributed by atoms with Crippen molar-refractivity contribution in [2.75, 3.05) is 12.4 Å². The molecule has 3 N–H and O–H groups in total. The van der Waals surface area contributed by atoms with Gasteiger partial charge in [-0.1, -0.05) is 23.4 Å². The van der Waals surface area contributed by atoms with Crippen molar-refractivity contribution < 1.29 is 19.7 Å². The van der Waals surface area contributed by atoms with Crippen LogP contribution in [0.5, 0.6) is 17.2 Å². The number of thioether (sulfide) groups is 1. The molecule has 3 aromatic carbocycles. The molecule has 1 amide bonds. The van der Waals surface area contributed by atoms with Crippen LogP contribution < -0.4 is 10.2 Å². The van der Waals surface area contributed by atoms with Crippen molar-refractivity contribution in [2.45, 2.75) is 12.1 Å². The zero-order valence-electron chi connectivity index (χ0n) is 19.1. The fourth-order valence-corrected chi connectivity index (χ4v) is 4.07. The molecular weight excluding hydrogens is 502 g/mol. The molecule has 11 heteroatoms. The van der Waals surface area contributed by atoms with Crippen LogP contribution in [0.4, 0.5) is 0 Å². The Labute approximate surface area is 216 Å². The molecule has 0 aliphatic carbocycles. The van der Waals surface area contributed by atoms with Gasteiger partial charge in [-0.05, 0) is 79.2 Å². The standard InChI is InChI=1S/C25H22ClN5O4S/c1-2-35-20-10-8-19(9-11-20)31-24(17-4-6-18(26)7-5-17)29-30-25(31)36-15-23(34)28-27-14-16-3-12-21(32)22(33)13-16/h3-14,32-33H,2,15H2,1H3,(H,28,34)/b27-14-. The van der Waals surface area contributed by atoms with Crippen LogP contribution >= 0.6 is 23.4 Å². The van der Waals surface area contributed by atoms with Gasteiger partial charge in [-0.2, -0.15) is 5.10 Å². The van der Waals surface area contributed by atoms with Crippen molar-refractivity contribution in [3.63, 3.8) is 0 Å². The van der Waals surface area contributed by atoms with Crippen LogP contribution in [0.2, 0.25) is 5.02 Å². The number of nitrogens with zero attached hydrogens (tertiary/aromatic N) is 4. The number of halogens is 1. The Morgan fingerprint density at radius 3 is 2.53 bits per heavy atom. The first-order valence-corrected chi connectivity index (χ1v) is 12.2. The predicted octanol–water partition coefficient (Wildman–Crippen LogP) is 4.64. The van der Waals surface area contributed by atoms with Gasteiger partial charge in [-0.25, -0.2) is 5.43 Å². The predicted molar refractivity (Wildman–Crippen MR) is 139 cm³/mol. The SMILES string of the molecule is CCOc1ccc(-n2c(SCC(=O)N/N=C\c3ccc(O)c(O)c3)nnc2-c2ccc(Cl)cc2)cc1. The molecule has 0 unspecified atom stereocenters. The number of phenols is 2. The van der Waals surface area contributed by atoms with E-state index in [9.17, 15) is 15.0 Å². The highest BCUT2D eigenvalue weighted by Gasteiger charge is 2.17. The fourth-order valence-electron chi connectivity index (χ4n) is 3.20. The van der Waals surface area contributed by atoms with Gasteiger partial charge in [0.05, 0.1) is 18.6 Å². The summed E-state index contributed by atoms with van der Waals surface area (Å²) >= 11 is 7.25. The van der Waals surface area contributed by atoms with E-state index in [1.807, 2.05) is 47.9 Å². The molecule has 0 aliphatic heterocycles. The van der Waals surface area contributed by atoms with Gasteiger partial charge < -0.3 is 14.9 Å². The number of benzene rings is 3. The largest absolute Gasteiger partial charge is 0.504 e. The smallest absolute Gasteiger partial charge is 0.250 e. The Morgan fingerprint density at radius 1 is 1.08 bits per heavy atom. The molecule has 0 radical (unpaired) electrons. The maximum atomic E-state index is 12.4. The van der Waals surface area contributed by atoms with Gasteiger partial charge in [0, 0.05) is 16.3 Å². The monoisotopic (exact) mass is 523 g/mol. The zero-order chi connectivity index (χ0) is 25.5. The molecule has 9 nitrogen and oxygen atoms in total. The zero-order valence-corrected chi connectivity index (χ0v) is 20.7.